The lowest BCUT2D eigenvalue weighted by atomic mass is 10.1. The average Bonchev–Trinajstić information content (AvgIpc) is 2.96. The maximum Gasteiger partial charge on any atom is 0.322 e. The lowest BCUT2D eigenvalue weighted by Crippen LogP contribution is -2.52. The summed E-state index contributed by atoms with van der Waals surface area (Å²) < 4.78 is 11.3. The number of nitriles is 1. The third-order valence-electron chi connectivity index (χ3n) is 3.78. The number of nitrogens with zero attached hydrogens (tertiary/aromatic N) is 2. The van der Waals surface area contributed by atoms with Crippen molar-refractivity contribution in [3.63, 3.8) is 0 Å². The number of amides is 2. The number of hydrogen-bond donors (Lipinski definition) is 1. The number of carbonyl (C=O) groups is 1. The van der Waals surface area contributed by atoms with Crippen molar-refractivity contribution in [2.75, 3.05) is 31.6 Å². The van der Waals surface area contributed by atoms with E-state index in [1.165, 1.54) is 0 Å². The molecule has 1 aromatic carbocycles. The summed E-state index contributed by atoms with van der Waals surface area (Å²) in [5.74, 6) is -0.611. The zero-order chi connectivity index (χ0) is 14.7. The number of piperidine rings is 1. The second-order valence-corrected chi connectivity index (χ2v) is 5.25. The standard InChI is InChI=1S/C15H17N3O3/c16-10-12-2-4-13(5-3-12)17-14(19)18-7-1-6-15(11-18)20-8-9-21-15/h2-5H,1,6-9,11H2,(H,17,19). The Morgan fingerprint density at radius 1 is 1.29 bits per heavy atom. The molecule has 0 radical (unpaired) electrons. The van der Waals surface area contributed by atoms with E-state index in [0.29, 0.717) is 37.6 Å². The molecule has 2 aliphatic rings. The molecule has 0 saturated carbocycles. The predicted molar refractivity (Wildman–Crippen MR) is 75.6 cm³/mol. The first kappa shape index (κ1) is 13.9. The van der Waals surface area contributed by atoms with Gasteiger partial charge in [-0.1, -0.05) is 0 Å². The third kappa shape index (κ3) is 2.99. The molecule has 1 N–H and O–H groups in total. The van der Waals surface area contributed by atoms with Crippen molar-refractivity contribution in [1.82, 2.24) is 4.90 Å². The summed E-state index contributed by atoms with van der Waals surface area (Å²) >= 11 is 0. The van der Waals surface area contributed by atoms with Crippen LogP contribution in [0.15, 0.2) is 24.3 Å². The highest BCUT2D eigenvalue weighted by molar-refractivity contribution is 5.89. The molecular formula is C15H17N3O3. The van der Waals surface area contributed by atoms with E-state index in [2.05, 4.69) is 5.32 Å². The summed E-state index contributed by atoms with van der Waals surface area (Å²) in [6, 6.07) is 8.68. The highest BCUT2D eigenvalue weighted by Gasteiger charge is 2.42. The normalized spacial score (nSPS) is 20.2. The smallest absolute Gasteiger partial charge is 0.322 e. The lowest BCUT2D eigenvalue weighted by Gasteiger charge is -2.38. The average molecular weight is 287 g/mol. The first-order chi connectivity index (χ1) is 10.2. The van der Waals surface area contributed by atoms with Crippen LogP contribution in [0.1, 0.15) is 18.4 Å². The lowest BCUT2D eigenvalue weighted by molar-refractivity contribution is -0.182. The molecule has 1 spiro atoms. The van der Waals surface area contributed by atoms with Gasteiger partial charge in [-0.3, -0.25) is 0 Å². The SMILES string of the molecule is N#Cc1ccc(NC(=O)N2CCCC3(C2)OCCO3)cc1. The number of benzene rings is 1. The van der Waals surface area contributed by atoms with Crippen molar-refractivity contribution in [2.45, 2.75) is 18.6 Å². The summed E-state index contributed by atoms with van der Waals surface area (Å²) in [7, 11) is 0. The number of carbonyl (C=O) groups excluding carboxylic acids is 1. The van der Waals surface area contributed by atoms with Gasteiger partial charge in [0.15, 0.2) is 5.79 Å². The van der Waals surface area contributed by atoms with Crippen LogP contribution >= 0.6 is 0 Å². The number of nitrogens with one attached hydrogen (secondary N) is 1. The van der Waals surface area contributed by atoms with Crippen LogP contribution in [-0.2, 0) is 9.47 Å². The van der Waals surface area contributed by atoms with Gasteiger partial charge in [-0.25, -0.2) is 4.79 Å². The number of anilines is 1. The number of urea groups is 1. The number of rotatable bonds is 1. The van der Waals surface area contributed by atoms with E-state index in [1.54, 1.807) is 29.2 Å². The van der Waals surface area contributed by atoms with Crippen LogP contribution in [0.4, 0.5) is 10.5 Å². The van der Waals surface area contributed by atoms with E-state index in [-0.39, 0.29) is 6.03 Å². The molecule has 0 bridgehead atoms. The van der Waals surface area contributed by atoms with Gasteiger partial charge in [0.05, 0.1) is 31.4 Å². The molecule has 3 rings (SSSR count). The molecule has 2 amide bonds. The summed E-state index contributed by atoms with van der Waals surface area (Å²) in [5.41, 5.74) is 1.24. The van der Waals surface area contributed by atoms with Gasteiger partial charge in [-0.15, -0.1) is 0 Å². The van der Waals surface area contributed by atoms with Crippen LogP contribution in [0, 0.1) is 11.3 Å². The van der Waals surface area contributed by atoms with Crippen molar-refractivity contribution >= 4 is 11.7 Å². The van der Waals surface area contributed by atoms with E-state index in [4.69, 9.17) is 14.7 Å². The van der Waals surface area contributed by atoms with E-state index in [0.717, 1.165) is 12.8 Å². The maximum atomic E-state index is 12.3. The van der Waals surface area contributed by atoms with E-state index < -0.39 is 5.79 Å². The minimum absolute atomic E-state index is 0.169. The summed E-state index contributed by atoms with van der Waals surface area (Å²) in [4.78, 5) is 14.0. The van der Waals surface area contributed by atoms with Gasteiger partial charge in [0.1, 0.15) is 0 Å². The Morgan fingerprint density at radius 3 is 2.67 bits per heavy atom. The maximum absolute atomic E-state index is 12.3. The summed E-state index contributed by atoms with van der Waals surface area (Å²) in [5, 5.41) is 11.6. The molecule has 0 atom stereocenters. The first-order valence-electron chi connectivity index (χ1n) is 7.05. The molecule has 0 unspecified atom stereocenters. The molecule has 0 aromatic heterocycles. The van der Waals surface area contributed by atoms with Crippen molar-refractivity contribution in [2.24, 2.45) is 0 Å². The Morgan fingerprint density at radius 2 is 2.00 bits per heavy atom. The van der Waals surface area contributed by atoms with Gasteiger partial charge in [0.2, 0.25) is 0 Å². The predicted octanol–water partition coefficient (Wildman–Crippen LogP) is 1.93. The molecule has 2 aliphatic heterocycles. The quantitative estimate of drug-likeness (QED) is 0.856. The van der Waals surface area contributed by atoms with Crippen molar-refractivity contribution in [3.05, 3.63) is 29.8 Å². The monoisotopic (exact) mass is 287 g/mol. The third-order valence-corrected chi connectivity index (χ3v) is 3.78. The topological polar surface area (TPSA) is 74.6 Å². The zero-order valence-corrected chi connectivity index (χ0v) is 11.7. The molecular weight excluding hydrogens is 270 g/mol. The van der Waals surface area contributed by atoms with Gasteiger partial charge in [0, 0.05) is 18.7 Å². The minimum atomic E-state index is -0.611. The van der Waals surface area contributed by atoms with Crippen LogP contribution in [-0.4, -0.2) is 43.0 Å². The van der Waals surface area contributed by atoms with Crippen LogP contribution in [0.25, 0.3) is 0 Å². The van der Waals surface area contributed by atoms with Gasteiger partial charge in [-0.2, -0.15) is 5.26 Å². The first-order valence-corrected chi connectivity index (χ1v) is 7.05. The fraction of sp³-hybridized carbons (Fsp3) is 0.467. The molecule has 2 fully saturated rings. The van der Waals surface area contributed by atoms with E-state index in [9.17, 15) is 4.79 Å². The Hall–Kier alpha value is -2.10. The second kappa shape index (κ2) is 5.72. The van der Waals surface area contributed by atoms with Crippen LogP contribution < -0.4 is 5.32 Å². The van der Waals surface area contributed by atoms with Gasteiger partial charge in [-0.05, 0) is 30.7 Å². The molecule has 6 heteroatoms. The molecule has 1 aromatic rings. The number of ether oxygens (including phenoxy) is 2. The number of likely N-dealkylation sites (tertiary alicyclic amines) is 1. The molecule has 0 aliphatic carbocycles. The highest BCUT2D eigenvalue weighted by atomic mass is 16.7. The molecule has 6 nitrogen and oxygen atoms in total. The van der Waals surface area contributed by atoms with Crippen molar-refractivity contribution in [3.8, 4) is 6.07 Å². The van der Waals surface area contributed by atoms with Crippen LogP contribution in [0.3, 0.4) is 0 Å². The summed E-state index contributed by atoms with van der Waals surface area (Å²) in [6.07, 6.45) is 1.69. The van der Waals surface area contributed by atoms with Gasteiger partial charge < -0.3 is 19.7 Å². The van der Waals surface area contributed by atoms with E-state index >= 15 is 0 Å². The fourth-order valence-electron chi connectivity index (χ4n) is 2.72. The zero-order valence-electron chi connectivity index (χ0n) is 11.7. The van der Waals surface area contributed by atoms with E-state index in [1.807, 2.05) is 6.07 Å². The fourth-order valence-corrected chi connectivity index (χ4v) is 2.72. The number of hydrogen-bond acceptors (Lipinski definition) is 4. The second-order valence-electron chi connectivity index (χ2n) is 5.25. The molecule has 2 saturated heterocycles. The Balaban J connectivity index is 1.63. The minimum Gasteiger partial charge on any atom is -0.346 e. The van der Waals surface area contributed by atoms with Crippen LogP contribution in [0.2, 0.25) is 0 Å². The molecule has 2 heterocycles. The Labute approximate surface area is 123 Å². The van der Waals surface area contributed by atoms with Gasteiger partial charge in [0.25, 0.3) is 0 Å². The van der Waals surface area contributed by atoms with Crippen LogP contribution in [0.5, 0.6) is 0 Å². The summed E-state index contributed by atoms with van der Waals surface area (Å²) in [6.45, 7) is 2.32. The van der Waals surface area contributed by atoms with Crippen molar-refractivity contribution in [1.29, 1.82) is 5.26 Å². The molecule has 21 heavy (non-hydrogen) atoms. The van der Waals surface area contributed by atoms with Crippen molar-refractivity contribution < 1.29 is 14.3 Å². The van der Waals surface area contributed by atoms with Gasteiger partial charge >= 0.3 is 6.03 Å². The Bertz CT molecular complexity index is 559. The molecule has 110 valence electrons. The largest absolute Gasteiger partial charge is 0.346 e. The Kier molecular flexibility index (Phi) is 3.78. The highest BCUT2D eigenvalue weighted by Crippen LogP contribution is 2.30.